The van der Waals surface area contributed by atoms with E-state index >= 15 is 0 Å². The summed E-state index contributed by atoms with van der Waals surface area (Å²) in [5, 5.41) is 12.5. The van der Waals surface area contributed by atoms with Gasteiger partial charge < -0.3 is 15.3 Å². The number of nitrogens with one attached hydrogen (secondary N) is 1. The molecule has 0 radical (unpaired) electrons. The lowest BCUT2D eigenvalue weighted by Gasteiger charge is -2.49. The van der Waals surface area contributed by atoms with Crippen LogP contribution in [0.5, 0.6) is 0 Å². The molecule has 1 aliphatic heterocycles. The first kappa shape index (κ1) is 12.3. The molecule has 1 saturated heterocycles. The molecule has 0 aromatic heterocycles. The summed E-state index contributed by atoms with van der Waals surface area (Å²) in [4.78, 5) is 2.63. The Bertz CT molecular complexity index is 206. The highest BCUT2D eigenvalue weighted by molar-refractivity contribution is 4.95. The lowest BCUT2D eigenvalue weighted by molar-refractivity contribution is 0.0282. The molecule has 3 nitrogen and oxygen atoms in total. The topological polar surface area (TPSA) is 35.5 Å². The lowest BCUT2D eigenvalue weighted by atomic mass is 9.73. The van der Waals surface area contributed by atoms with E-state index in [9.17, 15) is 0 Å². The summed E-state index contributed by atoms with van der Waals surface area (Å²) in [6, 6.07) is 1.35. The average molecular weight is 226 g/mol. The molecule has 94 valence electrons. The molecule has 2 unspecified atom stereocenters. The normalized spacial score (nSPS) is 35.6. The Hall–Kier alpha value is -0.120. The number of aliphatic hydroxyl groups is 1. The van der Waals surface area contributed by atoms with Gasteiger partial charge >= 0.3 is 0 Å². The molecule has 2 rings (SSSR count). The molecule has 1 heterocycles. The Morgan fingerprint density at radius 2 is 1.88 bits per heavy atom. The number of aliphatic hydroxyl groups excluding tert-OH is 1. The Morgan fingerprint density at radius 1 is 1.25 bits per heavy atom. The van der Waals surface area contributed by atoms with Crippen LogP contribution in [-0.4, -0.2) is 48.3 Å². The summed E-state index contributed by atoms with van der Waals surface area (Å²) >= 11 is 0. The van der Waals surface area contributed by atoms with Crippen molar-refractivity contribution >= 4 is 0 Å². The summed E-state index contributed by atoms with van der Waals surface area (Å²) in [5.41, 5.74) is 0. The van der Waals surface area contributed by atoms with Gasteiger partial charge in [0.2, 0.25) is 0 Å². The molecule has 0 aromatic rings. The van der Waals surface area contributed by atoms with E-state index in [4.69, 9.17) is 5.11 Å². The van der Waals surface area contributed by atoms with E-state index in [-0.39, 0.29) is 6.61 Å². The van der Waals surface area contributed by atoms with Gasteiger partial charge in [0.25, 0.3) is 0 Å². The first-order valence-corrected chi connectivity index (χ1v) is 6.80. The van der Waals surface area contributed by atoms with Crippen LogP contribution in [0.3, 0.4) is 0 Å². The van der Waals surface area contributed by atoms with Crippen molar-refractivity contribution in [1.82, 2.24) is 10.2 Å². The molecule has 0 amide bonds. The highest BCUT2D eigenvalue weighted by atomic mass is 16.3. The number of hydrogen-bond donors (Lipinski definition) is 2. The van der Waals surface area contributed by atoms with Crippen LogP contribution in [0.1, 0.15) is 33.1 Å². The van der Waals surface area contributed by atoms with Crippen LogP contribution in [0.4, 0.5) is 0 Å². The van der Waals surface area contributed by atoms with E-state index in [1.54, 1.807) is 0 Å². The second-order valence-electron chi connectivity index (χ2n) is 5.70. The zero-order valence-electron chi connectivity index (χ0n) is 10.7. The highest BCUT2D eigenvalue weighted by Crippen LogP contribution is 2.35. The molecule has 2 N–H and O–H groups in total. The van der Waals surface area contributed by atoms with Crippen LogP contribution < -0.4 is 5.32 Å². The van der Waals surface area contributed by atoms with Gasteiger partial charge in [-0.2, -0.15) is 0 Å². The van der Waals surface area contributed by atoms with Crippen LogP contribution in [0, 0.1) is 11.8 Å². The van der Waals surface area contributed by atoms with Gasteiger partial charge in [0.05, 0.1) is 6.61 Å². The summed E-state index contributed by atoms with van der Waals surface area (Å²) in [7, 11) is 0. The molecule has 1 aliphatic carbocycles. The summed E-state index contributed by atoms with van der Waals surface area (Å²) < 4.78 is 0. The van der Waals surface area contributed by atoms with Crippen LogP contribution in [0.2, 0.25) is 0 Å². The molecule has 2 atom stereocenters. The van der Waals surface area contributed by atoms with Crippen molar-refractivity contribution in [2.24, 2.45) is 11.8 Å². The lowest BCUT2D eigenvalue weighted by Crippen LogP contribution is -2.58. The van der Waals surface area contributed by atoms with E-state index in [0.29, 0.717) is 12.1 Å². The Kier molecular flexibility index (Phi) is 4.22. The molecule has 3 heteroatoms. The summed E-state index contributed by atoms with van der Waals surface area (Å²) in [5.74, 6) is 1.61. The third-order valence-corrected chi connectivity index (χ3v) is 4.33. The van der Waals surface area contributed by atoms with Gasteiger partial charge in [-0.3, -0.25) is 0 Å². The predicted molar refractivity (Wildman–Crippen MR) is 66.4 cm³/mol. The second-order valence-corrected chi connectivity index (χ2v) is 5.70. The Labute approximate surface area is 99.2 Å². The number of likely N-dealkylation sites (tertiary alicyclic amines) is 1. The highest BCUT2D eigenvalue weighted by Gasteiger charge is 2.39. The van der Waals surface area contributed by atoms with Gasteiger partial charge in [0.15, 0.2) is 0 Å². The maximum Gasteiger partial charge on any atom is 0.0556 e. The molecule has 1 saturated carbocycles. The fourth-order valence-electron chi connectivity index (χ4n) is 3.46. The molecule has 2 aliphatic rings. The zero-order chi connectivity index (χ0) is 11.5. The number of rotatable bonds is 4. The summed E-state index contributed by atoms with van der Waals surface area (Å²) in [6.45, 7) is 8.13. The van der Waals surface area contributed by atoms with Crippen molar-refractivity contribution in [3.63, 3.8) is 0 Å². The van der Waals surface area contributed by atoms with E-state index in [1.807, 2.05) is 0 Å². The number of piperidine rings is 1. The van der Waals surface area contributed by atoms with Crippen molar-refractivity contribution in [1.29, 1.82) is 0 Å². The number of hydrogen-bond acceptors (Lipinski definition) is 3. The van der Waals surface area contributed by atoms with Crippen LogP contribution in [-0.2, 0) is 0 Å². The quantitative estimate of drug-likeness (QED) is 0.753. The summed E-state index contributed by atoms with van der Waals surface area (Å²) in [6.07, 6.45) is 4.13. The minimum absolute atomic E-state index is 0.268. The molecule has 0 aromatic carbocycles. The van der Waals surface area contributed by atoms with Gasteiger partial charge in [0, 0.05) is 31.7 Å². The maximum absolute atomic E-state index is 8.93. The van der Waals surface area contributed by atoms with Crippen molar-refractivity contribution < 1.29 is 5.11 Å². The van der Waals surface area contributed by atoms with E-state index in [1.165, 1.54) is 32.4 Å². The minimum Gasteiger partial charge on any atom is -0.395 e. The Morgan fingerprint density at radius 3 is 2.38 bits per heavy atom. The molecular weight excluding hydrogens is 200 g/mol. The SMILES string of the molecule is CC(C)N1CC2CCCC(C1)C2NCCO. The van der Waals surface area contributed by atoms with Crippen molar-refractivity contribution in [2.75, 3.05) is 26.2 Å². The van der Waals surface area contributed by atoms with Crippen LogP contribution >= 0.6 is 0 Å². The zero-order valence-corrected chi connectivity index (χ0v) is 10.7. The van der Waals surface area contributed by atoms with Gasteiger partial charge in [-0.25, -0.2) is 0 Å². The van der Waals surface area contributed by atoms with Crippen molar-refractivity contribution in [3.8, 4) is 0 Å². The molecule has 2 fully saturated rings. The first-order chi connectivity index (χ1) is 7.72. The molecule has 0 spiro atoms. The van der Waals surface area contributed by atoms with Crippen molar-refractivity contribution in [2.45, 2.75) is 45.2 Å². The largest absolute Gasteiger partial charge is 0.395 e. The van der Waals surface area contributed by atoms with Gasteiger partial charge in [-0.15, -0.1) is 0 Å². The molecular formula is C13H26N2O. The van der Waals surface area contributed by atoms with Crippen LogP contribution in [0.25, 0.3) is 0 Å². The third kappa shape index (κ3) is 2.58. The molecule has 16 heavy (non-hydrogen) atoms. The molecule has 2 bridgehead atoms. The first-order valence-electron chi connectivity index (χ1n) is 6.80. The predicted octanol–water partition coefficient (Wildman–Crippen LogP) is 1.08. The monoisotopic (exact) mass is 226 g/mol. The number of nitrogens with zero attached hydrogens (tertiary/aromatic N) is 1. The third-order valence-electron chi connectivity index (χ3n) is 4.33. The van der Waals surface area contributed by atoms with E-state index in [0.717, 1.165) is 18.4 Å². The van der Waals surface area contributed by atoms with E-state index < -0.39 is 0 Å². The second kappa shape index (κ2) is 5.48. The van der Waals surface area contributed by atoms with Gasteiger partial charge in [0.1, 0.15) is 0 Å². The average Bonchev–Trinajstić information content (AvgIpc) is 2.24. The van der Waals surface area contributed by atoms with Crippen molar-refractivity contribution in [3.05, 3.63) is 0 Å². The smallest absolute Gasteiger partial charge is 0.0556 e. The minimum atomic E-state index is 0.268. The fourth-order valence-corrected chi connectivity index (χ4v) is 3.46. The van der Waals surface area contributed by atoms with Gasteiger partial charge in [-0.05, 0) is 38.5 Å². The standard InChI is InChI=1S/C13H26N2O/c1-10(2)15-8-11-4-3-5-12(9-15)13(11)14-6-7-16/h10-14,16H,3-9H2,1-2H3. The van der Waals surface area contributed by atoms with E-state index in [2.05, 4.69) is 24.1 Å². The fraction of sp³-hybridized carbons (Fsp3) is 1.00. The van der Waals surface area contributed by atoms with Crippen LogP contribution in [0.15, 0.2) is 0 Å². The Balaban J connectivity index is 1.96. The number of fused-ring (bicyclic) bond motifs is 2. The maximum atomic E-state index is 8.93. The van der Waals surface area contributed by atoms with Gasteiger partial charge in [-0.1, -0.05) is 6.42 Å².